The van der Waals surface area contributed by atoms with Gasteiger partial charge in [-0.25, -0.2) is 9.59 Å². The third-order valence-electron chi connectivity index (χ3n) is 14.3. The number of nitrogens with zero attached hydrogens (tertiary/aromatic N) is 7. The first kappa shape index (κ1) is 51.6. The summed E-state index contributed by atoms with van der Waals surface area (Å²) in [7, 11) is 5.10. The molecule has 0 aliphatic carbocycles. The van der Waals surface area contributed by atoms with Gasteiger partial charge in [0.2, 0.25) is 0 Å². The van der Waals surface area contributed by atoms with Crippen molar-refractivity contribution < 1.29 is 38.8 Å². The first-order valence-electron chi connectivity index (χ1n) is 25.8. The van der Waals surface area contributed by atoms with Gasteiger partial charge in [-0.05, 0) is 108 Å². The van der Waals surface area contributed by atoms with Gasteiger partial charge in [0.15, 0.2) is 5.60 Å². The molecule has 0 bridgehead atoms. The summed E-state index contributed by atoms with van der Waals surface area (Å²) in [6.45, 7) is 2.27. The van der Waals surface area contributed by atoms with Gasteiger partial charge in [0, 0.05) is 135 Å². The molecule has 79 heavy (non-hydrogen) atoms. The van der Waals surface area contributed by atoms with Crippen LogP contribution >= 0.6 is 0 Å². The first-order chi connectivity index (χ1) is 38.4. The number of anilines is 1. The Kier molecular flexibility index (Phi) is 14.5. The molecule has 16 nitrogen and oxygen atoms in total. The van der Waals surface area contributed by atoms with Gasteiger partial charge < -0.3 is 34.6 Å². The molecule has 11 rings (SSSR count). The van der Waals surface area contributed by atoms with Crippen LogP contribution in [0.4, 0.5) is 5.69 Å². The fourth-order valence-electron chi connectivity index (χ4n) is 10.6. The largest absolute Gasteiger partial charge is 0.508 e. The Bertz CT molecular complexity index is 3530. The average Bonchev–Trinajstić information content (AvgIpc) is 4.05. The van der Waals surface area contributed by atoms with E-state index in [1.807, 2.05) is 134 Å². The molecular weight excluding hydrogens is 997 g/mol. The van der Waals surface area contributed by atoms with Crippen molar-refractivity contribution >= 4 is 34.3 Å². The number of pyridine rings is 4. The summed E-state index contributed by atoms with van der Waals surface area (Å²) in [4.78, 5) is 67.5. The number of nitrogens with one attached hydrogen (secondary N) is 1. The van der Waals surface area contributed by atoms with Crippen LogP contribution in [0, 0.1) is 0 Å². The molecule has 4 aromatic heterocycles. The lowest BCUT2D eigenvalue weighted by molar-refractivity contribution is -0.142. The van der Waals surface area contributed by atoms with E-state index >= 15 is 0 Å². The van der Waals surface area contributed by atoms with E-state index in [0.717, 1.165) is 33.8 Å². The van der Waals surface area contributed by atoms with E-state index in [1.165, 1.54) is 13.2 Å². The lowest BCUT2D eigenvalue weighted by Gasteiger charge is -2.37. The number of aromatic hydroxyl groups is 2. The van der Waals surface area contributed by atoms with Crippen LogP contribution in [0.2, 0.25) is 0 Å². The first-order valence-corrected chi connectivity index (χ1v) is 25.8. The molecule has 0 fully saturated rings. The van der Waals surface area contributed by atoms with Crippen LogP contribution in [0.25, 0.3) is 10.8 Å². The van der Waals surface area contributed by atoms with Gasteiger partial charge in [0.25, 0.3) is 5.91 Å². The maximum atomic E-state index is 14.6. The number of hydrogen-bond acceptors (Lipinski definition) is 15. The van der Waals surface area contributed by atoms with E-state index in [9.17, 15) is 24.6 Å². The number of phenols is 2. The van der Waals surface area contributed by atoms with Crippen molar-refractivity contribution in [3.63, 3.8) is 0 Å². The number of carbonyl (C=O) groups excluding carboxylic acids is 3. The zero-order chi connectivity index (χ0) is 54.6. The quantitative estimate of drug-likeness (QED) is 0.0688. The molecule has 6 heterocycles. The van der Waals surface area contributed by atoms with E-state index in [1.54, 1.807) is 55.1 Å². The fraction of sp³-hybridized carbons (Fsp3) is 0.190. The van der Waals surface area contributed by atoms with Crippen LogP contribution < -0.4 is 15.0 Å². The van der Waals surface area contributed by atoms with E-state index in [4.69, 9.17) is 14.2 Å². The summed E-state index contributed by atoms with van der Waals surface area (Å²) in [6.07, 6.45) is 6.96. The fourth-order valence-corrected chi connectivity index (χ4v) is 10.6. The lowest BCUT2D eigenvalue weighted by atomic mass is 9.76. The Hall–Kier alpha value is -9.51. The lowest BCUT2D eigenvalue weighted by Crippen LogP contribution is -2.43. The van der Waals surface area contributed by atoms with Crippen LogP contribution in [0.15, 0.2) is 176 Å². The minimum Gasteiger partial charge on any atom is -0.508 e. The minimum absolute atomic E-state index is 0.0238. The van der Waals surface area contributed by atoms with Crippen molar-refractivity contribution in [2.45, 2.75) is 57.3 Å². The molecule has 1 spiro atoms. The zero-order valence-corrected chi connectivity index (χ0v) is 43.7. The van der Waals surface area contributed by atoms with Gasteiger partial charge in [-0.15, -0.1) is 0 Å². The SMILES string of the molecule is COC(=O)[C@H](Cc1cc(CN(Cc2ccccn2)Cc2ccccn2)c(O)c(CN(Cc2ccccn2)Cc2ccccn2)c1)NC(=O)c1ccc2c(c1)C(=O)OC21c2ccc(N(C)C)cc2Oc2c1ccc1cc(O)ccc21. The predicted molar refractivity (Wildman–Crippen MR) is 296 cm³/mol. The zero-order valence-electron chi connectivity index (χ0n) is 43.7. The Morgan fingerprint density at radius 1 is 0.633 bits per heavy atom. The van der Waals surface area contributed by atoms with Crippen molar-refractivity contribution in [3.05, 3.63) is 244 Å². The molecule has 5 aromatic carbocycles. The smallest absolute Gasteiger partial charge is 0.340 e. The Labute approximate surface area is 456 Å². The Balaban J connectivity index is 0.941. The van der Waals surface area contributed by atoms with Gasteiger partial charge >= 0.3 is 11.9 Å². The summed E-state index contributed by atoms with van der Waals surface area (Å²) in [6, 6.07) is 44.7. The van der Waals surface area contributed by atoms with Gasteiger partial charge in [-0.3, -0.25) is 34.5 Å². The number of esters is 2. The van der Waals surface area contributed by atoms with Gasteiger partial charge in [-0.2, -0.15) is 0 Å². The molecule has 2 aliphatic rings. The maximum Gasteiger partial charge on any atom is 0.340 e. The average molecular weight is 1050 g/mol. The van der Waals surface area contributed by atoms with Gasteiger partial charge in [0.1, 0.15) is 29.0 Å². The van der Waals surface area contributed by atoms with Crippen molar-refractivity contribution in [2.24, 2.45) is 0 Å². The number of amides is 1. The number of fused-ring (bicyclic) bond motifs is 8. The monoisotopic (exact) mass is 1050 g/mol. The number of methoxy groups -OCH3 is 1. The van der Waals surface area contributed by atoms with Crippen molar-refractivity contribution in [3.8, 4) is 23.0 Å². The van der Waals surface area contributed by atoms with Crippen LogP contribution in [-0.4, -0.2) is 85.0 Å². The minimum atomic E-state index is -1.46. The summed E-state index contributed by atoms with van der Waals surface area (Å²) in [5.74, 6) is -0.870. The maximum absolute atomic E-state index is 14.6. The third-order valence-corrected chi connectivity index (χ3v) is 14.3. The van der Waals surface area contributed by atoms with E-state index < -0.39 is 29.5 Å². The second-order valence-corrected chi connectivity index (χ2v) is 19.9. The number of ether oxygens (including phenoxy) is 3. The Morgan fingerprint density at radius 3 is 1.72 bits per heavy atom. The predicted octanol–water partition coefficient (Wildman–Crippen LogP) is 9.38. The van der Waals surface area contributed by atoms with E-state index in [0.29, 0.717) is 76.4 Å². The summed E-state index contributed by atoms with van der Waals surface area (Å²) < 4.78 is 18.5. The number of hydrogen-bond donors (Lipinski definition) is 3. The summed E-state index contributed by atoms with van der Waals surface area (Å²) in [5.41, 5.74) is 6.45. The molecule has 16 heteroatoms. The molecule has 2 aliphatic heterocycles. The molecule has 1 amide bonds. The molecule has 3 N–H and O–H groups in total. The highest BCUT2D eigenvalue weighted by Gasteiger charge is 2.54. The van der Waals surface area contributed by atoms with Crippen LogP contribution in [0.3, 0.4) is 0 Å². The molecule has 0 saturated carbocycles. The van der Waals surface area contributed by atoms with E-state index in [2.05, 4.69) is 35.1 Å². The van der Waals surface area contributed by atoms with E-state index in [-0.39, 0.29) is 42.1 Å². The Morgan fingerprint density at radius 2 is 1.19 bits per heavy atom. The molecule has 0 radical (unpaired) electrons. The molecule has 9 aromatic rings. The second-order valence-electron chi connectivity index (χ2n) is 19.9. The molecule has 0 saturated heterocycles. The number of benzene rings is 5. The molecule has 396 valence electrons. The van der Waals surface area contributed by atoms with Crippen molar-refractivity contribution in [1.82, 2.24) is 35.1 Å². The molecular formula is C63H56N8O8. The highest BCUT2D eigenvalue weighted by molar-refractivity contribution is 6.03. The number of aromatic nitrogens is 4. The highest BCUT2D eigenvalue weighted by Crippen LogP contribution is 2.58. The third kappa shape index (κ3) is 10.8. The second kappa shape index (κ2) is 22.2. The summed E-state index contributed by atoms with van der Waals surface area (Å²) in [5, 5.41) is 27.1. The van der Waals surface area contributed by atoms with Crippen molar-refractivity contribution in [2.75, 3.05) is 26.1 Å². The summed E-state index contributed by atoms with van der Waals surface area (Å²) >= 11 is 0. The van der Waals surface area contributed by atoms with Crippen LogP contribution in [0.5, 0.6) is 23.0 Å². The number of rotatable bonds is 18. The van der Waals surface area contributed by atoms with Gasteiger partial charge in [0.05, 0.1) is 35.4 Å². The molecule has 2 atom stereocenters. The molecule has 1 unspecified atom stereocenters. The number of phenolic OH excluding ortho intramolecular Hbond substituents is 2. The van der Waals surface area contributed by atoms with Crippen LogP contribution in [-0.2, 0) is 65.6 Å². The number of carbonyl (C=O) groups is 3. The normalized spacial score (nSPS) is 14.5. The standard InChI is InChI=1S/C63H56N8O8/c1-69(2)49-18-23-54-57(33-49)78-59-51-20-19-50(72)31-41(51)16-22-55(59)63(54)53-21-17-42(32-52(53)61(75)79-63)60(74)68-56(62(76)77-3)30-40-28-43(34-70(36-45-12-4-8-24-64-45)37-46-13-5-9-25-65-46)58(73)44(29-40)35-71(38-47-14-6-10-26-66-47)39-48-15-7-11-27-67-48/h4-29,31-33,56,72-73H,30,34-39H2,1-3H3,(H,68,74)/t56-,63?/m0/s1. The van der Waals surface area contributed by atoms with Crippen molar-refractivity contribution in [1.29, 1.82) is 0 Å². The topological polar surface area (TPSA) is 193 Å². The van der Waals surface area contributed by atoms with Gasteiger partial charge in [-0.1, -0.05) is 48.5 Å². The van der Waals surface area contributed by atoms with Crippen LogP contribution in [0.1, 0.15) is 76.9 Å². The highest BCUT2D eigenvalue weighted by atomic mass is 16.6.